The molecule has 0 spiro atoms. The molecule has 1 N–H and O–H groups in total. The Bertz CT molecular complexity index is 308. The van der Waals surface area contributed by atoms with E-state index in [0.29, 0.717) is 6.04 Å². The van der Waals surface area contributed by atoms with Crippen molar-refractivity contribution in [3.63, 3.8) is 0 Å². The SMILES string of the molecule is CCCCCCC(Cc1ncnn1CCC)NC. The Kier molecular flexibility index (Phi) is 7.65. The molecule has 1 aromatic rings. The van der Waals surface area contributed by atoms with E-state index in [2.05, 4.69) is 29.2 Å². The minimum Gasteiger partial charge on any atom is -0.317 e. The van der Waals surface area contributed by atoms with Crippen molar-refractivity contribution in [2.24, 2.45) is 0 Å². The van der Waals surface area contributed by atoms with E-state index >= 15 is 0 Å². The highest BCUT2D eigenvalue weighted by Gasteiger charge is 2.11. The van der Waals surface area contributed by atoms with Crippen LogP contribution in [0.1, 0.15) is 58.2 Å². The third-order valence-corrected chi connectivity index (χ3v) is 3.37. The van der Waals surface area contributed by atoms with E-state index in [4.69, 9.17) is 0 Å². The van der Waals surface area contributed by atoms with Crippen molar-refractivity contribution in [3.05, 3.63) is 12.2 Å². The van der Waals surface area contributed by atoms with E-state index in [1.165, 1.54) is 32.1 Å². The van der Waals surface area contributed by atoms with E-state index in [1.807, 2.05) is 11.7 Å². The number of nitrogens with zero attached hydrogens (tertiary/aromatic N) is 3. The van der Waals surface area contributed by atoms with Crippen molar-refractivity contribution in [2.45, 2.75) is 71.4 Å². The Morgan fingerprint density at radius 2 is 2.06 bits per heavy atom. The second-order valence-corrected chi connectivity index (χ2v) is 4.94. The third-order valence-electron chi connectivity index (χ3n) is 3.37. The van der Waals surface area contributed by atoms with Gasteiger partial charge in [0.2, 0.25) is 0 Å². The number of aryl methyl sites for hydroxylation is 1. The fourth-order valence-electron chi connectivity index (χ4n) is 2.23. The van der Waals surface area contributed by atoms with Crippen molar-refractivity contribution in [1.82, 2.24) is 20.1 Å². The molecule has 1 atom stereocenters. The van der Waals surface area contributed by atoms with Gasteiger partial charge in [0.05, 0.1) is 0 Å². The first-order chi connectivity index (χ1) is 8.81. The molecule has 0 aliphatic heterocycles. The number of rotatable bonds is 10. The van der Waals surface area contributed by atoms with Crippen LogP contribution in [0.3, 0.4) is 0 Å². The fourth-order valence-corrected chi connectivity index (χ4v) is 2.23. The summed E-state index contributed by atoms with van der Waals surface area (Å²) in [5.41, 5.74) is 0. The molecule has 0 aromatic carbocycles. The Labute approximate surface area is 111 Å². The van der Waals surface area contributed by atoms with Crippen molar-refractivity contribution in [1.29, 1.82) is 0 Å². The second kappa shape index (κ2) is 9.09. The zero-order valence-corrected chi connectivity index (χ0v) is 12.2. The van der Waals surface area contributed by atoms with Crippen LogP contribution in [-0.2, 0) is 13.0 Å². The highest BCUT2D eigenvalue weighted by Crippen LogP contribution is 2.09. The third kappa shape index (κ3) is 5.17. The summed E-state index contributed by atoms with van der Waals surface area (Å²) >= 11 is 0. The van der Waals surface area contributed by atoms with Crippen molar-refractivity contribution >= 4 is 0 Å². The maximum Gasteiger partial charge on any atom is 0.138 e. The fraction of sp³-hybridized carbons (Fsp3) is 0.857. The number of hydrogen-bond donors (Lipinski definition) is 1. The van der Waals surface area contributed by atoms with Crippen LogP contribution in [0.2, 0.25) is 0 Å². The molecule has 0 amide bonds. The van der Waals surface area contributed by atoms with Crippen LogP contribution in [-0.4, -0.2) is 27.9 Å². The van der Waals surface area contributed by atoms with Gasteiger partial charge in [0, 0.05) is 19.0 Å². The lowest BCUT2D eigenvalue weighted by Crippen LogP contribution is -2.29. The summed E-state index contributed by atoms with van der Waals surface area (Å²) < 4.78 is 2.04. The molecule has 104 valence electrons. The summed E-state index contributed by atoms with van der Waals surface area (Å²) in [4.78, 5) is 4.38. The summed E-state index contributed by atoms with van der Waals surface area (Å²) in [6.45, 7) is 5.40. The molecule has 1 heterocycles. The molecule has 4 nitrogen and oxygen atoms in total. The Morgan fingerprint density at radius 1 is 1.22 bits per heavy atom. The van der Waals surface area contributed by atoms with Crippen LogP contribution in [0.5, 0.6) is 0 Å². The smallest absolute Gasteiger partial charge is 0.138 e. The quantitative estimate of drug-likeness (QED) is 0.651. The van der Waals surface area contributed by atoms with E-state index in [-0.39, 0.29) is 0 Å². The van der Waals surface area contributed by atoms with Crippen LogP contribution < -0.4 is 5.32 Å². The minimum absolute atomic E-state index is 0.529. The van der Waals surface area contributed by atoms with Gasteiger partial charge >= 0.3 is 0 Å². The molecule has 4 heteroatoms. The number of hydrogen-bond acceptors (Lipinski definition) is 3. The molecule has 0 bridgehead atoms. The van der Waals surface area contributed by atoms with Gasteiger partial charge in [-0.2, -0.15) is 5.10 Å². The Morgan fingerprint density at radius 3 is 2.72 bits per heavy atom. The summed E-state index contributed by atoms with van der Waals surface area (Å²) in [5.74, 6) is 1.12. The normalized spacial score (nSPS) is 12.8. The molecular formula is C14H28N4. The predicted molar refractivity (Wildman–Crippen MR) is 75.6 cm³/mol. The molecular weight excluding hydrogens is 224 g/mol. The van der Waals surface area contributed by atoms with Crippen molar-refractivity contribution < 1.29 is 0 Å². The number of aromatic nitrogens is 3. The predicted octanol–water partition coefficient (Wildman–Crippen LogP) is 2.79. The number of likely N-dealkylation sites (N-methyl/N-ethyl adjacent to an activating group) is 1. The van der Waals surface area contributed by atoms with Gasteiger partial charge in [-0.1, -0.05) is 39.5 Å². The monoisotopic (exact) mass is 252 g/mol. The van der Waals surface area contributed by atoms with E-state index < -0.39 is 0 Å². The lowest BCUT2D eigenvalue weighted by atomic mass is 10.0. The second-order valence-electron chi connectivity index (χ2n) is 4.94. The zero-order chi connectivity index (χ0) is 13.2. The van der Waals surface area contributed by atoms with E-state index in [0.717, 1.165) is 25.2 Å². The van der Waals surface area contributed by atoms with Gasteiger partial charge in [0.25, 0.3) is 0 Å². The van der Waals surface area contributed by atoms with Gasteiger partial charge in [-0.3, -0.25) is 4.68 Å². The minimum atomic E-state index is 0.529. The molecule has 0 fully saturated rings. The summed E-state index contributed by atoms with van der Waals surface area (Å²) in [6, 6.07) is 0.529. The first kappa shape index (κ1) is 15.2. The van der Waals surface area contributed by atoms with E-state index in [1.54, 1.807) is 6.33 Å². The van der Waals surface area contributed by atoms with Crippen molar-refractivity contribution in [2.75, 3.05) is 7.05 Å². The lowest BCUT2D eigenvalue weighted by molar-refractivity contribution is 0.459. The van der Waals surface area contributed by atoms with Gasteiger partial charge in [-0.25, -0.2) is 4.98 Å². The van der Waals surface area contributed by atoms with Gasteiger partial charge in [-0.15, -0.1) is 0 Å². The largest absolute Gasteiger partial charge is 0.317 e. The van der Waals surface area contributed by atoms with Gasteiger partial charge in [0.1, 0.15) is 12.2 Å². The highest BCUT2D eigenvalue weighted by molar-refractivity contribution is 4.89. The van der Waals surface area contributed by atoms with Crippen LogP contribution >= 0.6 is 0 Å². The zero-order valence-electron chi connectivity index (χ0n) is 12.2. The molecule has 0 aliphatic rings. The molecule has 1 unspecified atom stereocenters. The van der Waals surface area contributed by atoms with Crippen LogP contribution in [0, 0.1) is 0 Å². The van der Waals surface area contributed by atoms with E-state index in [9.17, 15) is 0 Å². The molecule has 18 heavy (non-hydrogen) atoms. The van der Waals surface area contributed by atoms with Gasteiger partial charge < -0.3 is 5.32 Å². The Hall–Kier alpha value is -0.900. The molecule has 0 saturated carbocycles. The summed E-state index contributed by atoms with van der Waals surface area (Å²) in [5, 5.41) is 7.69. The van der Waals surface area contributed by atoms with Crippen LogP contribution in [0.15, 0.2) is 6.33 Å². The first-order valence-corrected chi connectivity index (χ1v) is 7.35. The van der Waals surface area contributed by atoms with Crippen molar-refractivity contribution in [3.8, 4) is 0 Å². The summed E-state index contributed by atoms with van der Waals surface area (Å²) in [7, 11) is 2.05. The molecule has 1 rings (SSSR count). The van der Waals surface area contributed by atoms with Gasteiger partial charge in [0.15, 0.2) is 0 Å². The maximum atomic E-state index is 4.38. The molecule has 1 aromatic heterocycles. The van der Waals surface area contributed by atoms with Crippen LogP contribution in [0.25, 0.3) is 0 Å². The molecule has 0 aliphatic carbocycles. The molecule has 0 radical (unpaired) electrons. The lowest BCUT2D eigenvalue weighted by Gasteiger charge is -2.16. The standard InChI is InChI=1S/C14H28N4/c1-4-6-7-8-9-13(15-3)11-14-16-12-17-18(14)10-5-2/h12-13,15H,4-11H2,1-3H3. The van der Waals surface area contributed by atoms with Crippen LogP contribution in [0.4, 0.5) is 0 Å². The summed E-state index contributed by atoms with van der Waals surface area (Å²) in [6.07, 6.45) is 10.3. The Balaban J connectivity index is 2.39. The highest BCUT2D eigenvalue weighted by atomic mass is 15.3. The first-order valence-electron chi connectivity index (χ1n) is 7.35. The average Bonchev–Trinajstić information content (AvgIpc) is 2.81. The molecule has 0 saturated heterocycles. The number of nitrogens with one attached hydrogen (secondary N) is 1. The van der Waals surface area contributed by atoms with Gasteiger partial charge in [-0.05, 0) is 19.9 Å². The maximum absolute atomic E-state index is 4.38. The average molecular weight is 252 g/mol. The topological polar surface area (TPSA) is 42.7 Å². The number of unbranched alkanes of at least 4 members (excludes halogenated alkanes) is 3.